The minimum Gasteiger partial charge on any atom is -0.494 e. The van der Waals surface area contributed by atoms with Crippen LogP contribution in [0.15, 0.2) is 24.4 Å². The van der Waals surface area contributed by atoms with Gasteiger partial charge in [-0.2, -0.15) is 0 Å². The van der Waals surface area contributed by atoms with Gasteiger partial charge in [0.2, 0.25) is 0 Å². The third-order valence-electron chi connectivity index (χ3n) is 2.32. The first-order chi connectivity index (χ1) is 7.35. The normalized spacial score (nSPS) is 10.5. The van der Waals surface area contributed by atoms with Crippen molar-refractivity contribution in [2.45, 2.75) is 19.8 Å². The maximum absolute atomic E-state index is 5.27. The Labute approximate surface area is 89.1 Å². The first-order valence-electron chi connectivity index (χ1n) is 5.13. The summed E-state index contributed by atoms with van der Waals surface area (Å²) in [6.45, 7) is 2.12. The average molecular weight is 202 g/mol. The summed E-state index contributed by atoms with van der Waals surface area (Å²) in [6, 6.07) is 5.86. The van der Waals surface area contributed by atoms with E-state index < -0.39 is 0 Å². The lowest BCUT2D eigenvalue weighted by Gasteiger charge is -2.05. The lowest BCUT2D eigenvalue weighted by molar-refractivity contribution is 0.418. The molecule has 0 spiro atoms. The van der Waals surface area contributed by atoms with Crippen LogP contribution in [0.2, 0.25) is 0 Å². The van der Waals surface area contributed by atoms with Gasteiger partial charge in [0.1, 0.15) is 17.1 Å². The molecule has 1 heterocycles. The molecular formula is C12H14N2O. The molecule has 0 aliphatic carbocycles. The lowest BCUT2D eigenvalue weighted by atomic mass is 10.2. The van der Waals surface area contributed by atoms with Crippen LogP contribution >= 0.6 is 0 Å². The molecule has 0 N–H and O–H groups in total. The molecule has 2 aromatic rings. The highest BCUT2D eigenvalue weighted by atomic mass is 16.5. The van der Waals surface area contributed by atoms with Gasteiger partial charge in [0.05, 0.1) is 7.11 Å². The molecule has 0 saturated heterocycles. The van der Waals surface area contributed by atoms with Gasteiger partial charge < -0.3 is 4.74 Å². The molecule has 0 fully saturated rings. The molecule has 3 heteroatoms. The lowest BCUT2D eigenvalue weighted by Crippen LogP contribution is -1.96. The summed E-state index contributed by atoms with van der Waals surface area (Å²) >= 11 is 0. The van der Waals surface area contributed by atoms with Crippen molar-refractivity contribution >= 4 is 10.9 Å². The second kappa shape index (κ2) is 4.26. The molecule has 0 atom stereocenters. The van der Waals surface area contributed by atoms with Gasteiger partial charge in [-0.1, -0.05) is 19.1 Å². The van der Waals surface area contributed by atoms with Gasteiger partial charge in [0, 0.05) is 18.0 Å². The Morgan fingerprint density at radius 2 is 2.20 bits per heavy atom. The number of methoxy groups -OCH3 is 1. The summed E-state index contributed by atoms with van der Waals surface area (Å²) in [5.41, 5.74) is 0.901. The number of hydrogen-bond acceptors (Lipinski definition) is 3. The molecular weight excluding hydrogens is 188 g/mol. The second-order valence-corrected chi connectivity index (χ2v) is 3.43. The fraction of sp³-hybridized carbons (Fsp3) is 0.333. The van der Waals surface area contributed by atoms with E-state index in [1.54, 1.807) is 7.11 Å². The van der Waals surface area contributed by atoms with E-state index in [4.69, 9.17) is 4.74 Å². The molecule has 1 aromatic carbocycles. The summed E-state index contributed by atoms with van der Waals surface area (Å²) in [4.78, 5) is 8.80. The minimum absolute atomic E-state index is 0.812. The third kappa shape index (κ3) is 1.91. The molecule has 0 saturated carbocycles. The molecule has 0 aliphatic rings. The topological polar surface area (TPSA) is 35.0 Å². The molecule has 0 unspecified atom stereocenters. The maximum atomic E-state index is 5.27. The zero-order chi connectivity index (χ0) is 10.7. The second-order valence-electron chi connectivity index (χ2n) is 3.43. The average Bonchev–Trinajstić information content (AvgIpc) is 2.28. The highest BCUT2D eigenvalue weighted by Gasteiger charge is 2.04. The molecule has 78 valence electrons. The van der Waals surface area contributed by atoms with Crippen LogP contribution in [-0.4, -0.2) is 17.1 Å². The van der Waals surface area contributed by atoms with Crippen LogP contribution in [0.1, 0.15) is 19.2 Å². The van der Waals surface area contributed by atoms with Crippen molar-refractivity contribution < 1.29 is 4.74 Å². The largest absolute Gasteiger partial charge is 0.494 e. The van der Waals surface area contributed by atoms with Crippen molar-refractivity contribution in [2.75, 3.05) is 7.11 Å². The van der Waals surface area contributed by atoms with Crippen LogP contribution in [0, 0.1) is 0 Å². The monoisotopic (exact) mass is 202 g/mol. The standard InChI is InChI=1S/C12H14N2O/c1-3-5-11-13-8-9-6-4-7-10(15-2)12(9)14-11/h4,6-8H,3,5H2,1-2H3. The number of aryl methyl sites for hydroxylation is 1. The highest BCUT2D eigenvalue weighted by molar-refractivity contribution is 5.83. The third-order valence-corrected chi connectivity index (χ3v) is 2.32. The molecule has 15 heavy (non-hydrogen) atoms. The molecule has 0 aliphatic heterocycles. The van der Waals surface area contributed by atoms with Gasteiger partial charge in [-0.25, -0.2) is 9.97 Å². The van der Waals surface area contributed by atoms with Crippen LogP contribution in [0.4, 0.5) is 0 Å². The summed E-state index contributed by atoms with van der Waals surface area (Å²) < 4.78 is 5.27. The van der Waals surface area contributed by atoms with Gasteiger partial charge in [-0.05, 0) is 12.5 Å². The van der Waals surface area contributed by atoms with Crippen LogP contribution in [0.3, 0.4) is 0 Å². The van der Waals surface area contributed by atoms with Crippen molar-refractivity contribution in [2.24, 2.45) is 0 Å². The fourth-order valence-electron chi connectivity index (χ4n) is 1.57. The van der Waals surface area contributed by atoms with Crippen LogP contribution < -0.4 is 4.74 Å². The molecule has 0 bridgehead atoms. The Hall–Kier alpha value is -1.64. The number of rotatable bonds is 3. The summed E-state index contributed by atoms with van der Waals surface area (Å²) in [7, 11) is 1.66. The zero-order valence-electron chi connectivity index (χ0n) is 9.03. The highest BCUT2D eigenvalue weighted by Crippen LogP contribution is 2.22. The predicted octanol–water partition coefficient (Wildman–Crippen LogP) is 2.59. The van der Waals surface area contributed by atoms with Crippen LogP contribution in [0.5, 0.6) is 5.75 Å². The Morgan fingerprint density at radius 1 is 1.33 bits per heavy atom. The van der Waals surface area contributed by atoms with Gasteiger partial charge >= 0.3 is 0 Å². The molecule has 1 aromatic heterocycles. The van der Waals surface area contributed by atoms with Crippen molar-refractivity contribution in [1.29, 1.82) is 0 Å². The van der Waals surface area contributed by atoms with Gasteiger partial charge in [-0.3, -0.25) is 0 Å². The van der Waals surface area contributed by atoms with E-state index in [9.17, 15) is 0 Å². The van der Waals surface area contributed by atoms with E-state index in [-0.39, 0.29) is 0 Å². The SMILES string of the molecule is CCCc1ncc2cccc(OC)c2n1. The number of hydrogen-bond donors (Lipinski definition) is 0. The van der Waals surface area contributed by atoms with Crippen molar-refractivity contribution in [3.8, 4) is 5.75 Å². The Balaban J connectivity index is 2.57. The van der Waals surface area contributed by atoms with Crippen molar-refractivity contribution in [3.63, 3.8) is 0 Å². The molecule has 0 amide bonds. The Morgan fingerprint density at radius 3 is 2.93 bits per heavy atom. The quantitative estimate of drug-likeness (QED) is 0.767. The van der Waals surface area contributed by atoms with E-state index in [1.807, 2.05) is 24.4 Å². The fourth-order valence-corrected chi connectivity index (χ4v) is 1.57. The van der Waals surface area contributed by atoms with Crippen LogP contribution in [-0.2, 0) is 6.42 Å². The zero-order valence-corrected chi connectivity index (χ0v) is 9.03. The number of benzene rings is 1. The summed E-state index contributed by atoms with van der Waals surface area (Å²) in [5.74, 6) is 1.70. The van der Waals surface area contributed by atoms with E-state index in [1.165, 1.54) is 0 Å². The smallest absolute Gasteiger partial charge is 0.145 e. The van der Waals surface area contributed by atoms with Gasteiger partial charge in [0.15, 0.2) is 0 Å². The van der Waals surface area contributed by atoms with Gasteiger partial charge in [-0.15, -0.1) is 0 Å². The Kier molecular flexibility index (Phi) is 2.81. The van der Waals surface area contributed by atoms with Crippen molar-refractivity contribution in [1.82, 2.24) is 9.97 Å². The molecule has 3 nitrogen and oxygen atoms in total. The molecule has 2 rings (SSSR count). The first kappa shape index (κ1) is 9.90. The Bertz CT molecular complexity index is 468. The minimum atomic E-state index is 0.812. The van der Waals surface area contributed by atoms with Crippen LogP contribution in [0.25, 0.3) is 10.9 Å². The summed E-state index contributed by atoms with van der Waals surface area (Å²) in [5, 5.41) is 1.02. The van der Waals surface area contributed by atoms with Gasteiger partial charge in [0.25, 0.3) is 0 Å². The van der Waals surface area contributed by atoms with E-state index >= 15 is 0 Å². The van der Waals surface area contributed by atoms with E-state index in [0.717, 1.165) is 35.3 Å². The molecule has 0 radical (unpaired) electrons. The number of para-hydroxylation sites is 1. The first-order valence-corrected chi connectivity index (χ1v) is 5.13. The number of fused-ring (bicyclic) bond motifs is 1. The maximum Gasteiger partial charge on any atom is 0.145 e. The number of aromatic nitrogens is 2. The van der Waals surface area contributed by atoms with Crippen molar-refractivity contribution in [3.05, 3.63) is 30.2 Å². The number of ether oxygens (including phenoxy) is 1. The van der Waals surface area contributed by atoms with E-state index in [2.05, 4.69) is 16.9 Å². The predicted molar refractivity (Wildman–Crippen MR) is 60.1 cm³/mol. The summed E-state index contributed by atoms with van der Waals surface area (Å²) in [6.07, 6.45) is 3.82. The number of nitrogens with zero attached hydrogens (tertiary/aromatic N) is 2. The van der Waals surface area contributed by atoms with E-state index in [0.29, 0.717) is 0 Å².